The van der Waals surface area contributed by atoms with Gasteiger partial charge in [0.05, 0.1) is 17.7 Å². The molecule has 5 heteroatoms. The second kappa shape index (κ2) is 5.12. The molecule has 2 amide bonds. The van der Waals surface area contributed by atoms with Crippen molar-refractivity contribution in [3.05, 3.63) is 47.5 Å². The third-order valence-corrected chi connectivity index (χ3v) is 2.76. The first-order chi connectivity index (χ1) is 8.65. The number of fused-ring (bicyclic) bond motifs is 1. The number of imide groups is 1. The van der Waals surface area contributed by atoms with Crippen LogP contribution in [0.15, 0.2) is 36.4 Å². The van der Waals surface area contributed by atoms with Crippen molar-refractivity contribution >= 4 is 11.8 Å². The van der Waals surface area contributed by atoms with Gasteiger partial charge in [-0.2, -0.15) is 0 Å². The molecular formula is C13H14N2O3. The number of rotatable bonds is 4. The maximum atomic E-state index is 11.9. The molecule has 1 aliphatic rings. The molecule has 0 unspecified atom stereocenters. The molecule has 3 N–H and O–H groups in total. The summed E-state index contributed by atoms with van der Waals surface area (Å²) in [6, 6.07) is 6.26. The number of aliphatic hydroxyl groups excluding tert-OH is 1. The number of benzene rings is 1. The molecule has 1 aromatic carbocycles. The van der Waals surface area contributed by atoms with Crippen LogP contribution >= 0.6 is 0 Å². The van der Waals surface area contributed by atoms with Gasteiger partial charge < -0.3 is 10.8 Å². The zero-order valence-corrected chi connectivity index (χ0v) is 9.74. The van der Waals surface area contributed by atoms with Gasteiger partial charge in [0, 0.05) is 12.6 Å². The van der Waals surface area contributed by atoms with Crippen LogP contribution in [0.1, 0.15) is 20.7 Å². The fraction of sp³-hybridized carbons (Fsp3) is 0.231. The molecule has 2 rings (SSSR count). The summed E-state index contributed by atoms with van der Waals surface area (Å²) < 4.78 is 0. The summed E-state index contributed by atoms with van der Waals surface area (Å²) in [6.07, 6.45) is 3.19. The molecule has 0 aromatic heterocycles. The molecule has 0 spiro atoms. The molecule has 0 fully saturated rings. The Labute approximate surface area is 105 Å². The second-order valence-electron chi connectivity index (χ2n) is 4.04. The zero-order chi connectivity index (χ0) is 13.1. The van der Waals surface area contributed by atoms with Crippen LogP contribution in [0.2, 0.25) is 0 Å². The van der Waals surface area contributed by atoms with Crippen LogP contribution in [-0.4, -0.2) is 41.0 Å². The monoisotopic (exact) mass is 246 g/mol. The number of aliphatic hydroxyl groups is 1. The Bertz CT molecular complexity index is 476. The van der Waals surface area contributed by atoms with Gasteiger partial charge in [-0.25, -0.2) is 0 Å². The topological polar surface area (TPSA) is 83.6 Å². The lowest BCUT2D eigenvalue weighted by molar-refractivity contribution is 0.0672. The van der Waals surface area contributed by atoms with Gasteiger partial charge in [0.2, 0.25) is 0 Å². The lowest BCUT2D eigenvalue weighted by Gasteiger charge is -2.10. The Hall–Kier alpha value is -1.98. The van der Waals surface area contributed by atoms with Crippen molar-refractivity contribution in [3.63, 3.8) is 0 Å². The molecule has 0 saturated heterocycles. The van der Waals surface area contributed by atoms with Gasteiger partial charge in [-0.3, -0.25) is 14.5 Å². The molecule has 5 nitrogen and oxygen atoms in total. The highest BCUT2D eigenvalue weighted by Crippen LogP contribution is 2.21. The molecule has 18 heavy (non-hydrogen) atoms. The van der Waals surface area contributed by atoms with Gasteiger partial charge in [0.15, 0.2) is 0 Å². The van der Waals surface area contributed by atoms with E-state index in [0.717, 1.165) is 4.90 Å². The number of hydrogen-bond acceptors (Lipinski definition) is 4. The number of carbonyl (C=O) groups is 2. The van der Waals surface area contributed by atoms with E-state index in [-0.39, 0.29) is 25.0 Å². The van der Waals surface area contributed by atoms with Crippen molar-refractivity contribution in [3.8, 4) is 0 Å². The van der Waals surface area contributed by atoms with Crippen LogP contribution in [0.3, 0.4) is 0 Å². The largest absolute Gasteiger partial charge is 0.394 e. The lowest BCUT2D eigenvalue weighted by atomic mass is 10.1. The van der Waals surface area contributed by atoms with E-state index in [4.69, 9.17) is 10.8 Å². The molecule has 0 saturated carbocycles. The highest BCUT2D eigenvalue weighted by Gasteiger charge is 2.33. The van der Waals surface area contributed by atoms with Gasteiger partial charge in [-0.15, -0.1) is 0 Å². The van der Waals surface area contributed by atoms with E-state index in [1.807, 2.05) is 0 Å². The third-order valence-electron chi connectivity index (χ3n) is 2.76. The van der Waals surface area contributed by atoms with Gasteiger partial charge in [0.25, 0.3) is 11.8 Å². The second-order valence-corrected chi connectivity index (χ2v) is 4.04. The number of carbonyl (C=O) groups excluding carboxylic acids is 2. The summed E-state index contributed by atoms with van der Waals surface area (Å²) >= 11 is 0. The van der Waals surface area contributed by atoms with Crippen LogP contribution in [0.5, 0.6) is 0 Å². The number of nitrogens with zero attached hydrogens (tertiary/aromatic N) is 1. The standard InChI is InChI=1S/C13H14N2O3/c14-9(8-16)4-3-7-15-12(17)10-5-1-2-6-11(10)13(15)18/h1-6,9,16H,7-8,14H2/t9-/m0/s1. The van der Waals surface area contributed by atoms with Crippen molar-refractivity contribution < 1.29 is 14.7 Å². The van der Waals surface area contributed by atoms with Crippen LogP contribution in [0.4, 0.5) is 0 Å². The molecule has 0 bridgehead atoms. The fourth-order valence-electron chi connectivity index (χ4n) is 1.81. The maximum absolute atomic E-state index is 11.9. The van der Waals surface area contributed by atoms with Crippen molar-refractivity contribution in [2.45, 2.75) is 6.04 Å². The third kappa shape index (κ3) is 2.18. The van der Waals surface area contributed by atoms with E-state index in [1.54, 1.807) is 36.4 Å². The normalized spacial score (nSPS) is 16.4. The summed E-state index contributed by atoms with van der Waals surface area (Å²) in [6.45, 7) is -0.00132. The van der Waals surface area contributed by atoms with E-state index >= 15 is 0 Å². The average molecular weight is 246 g/mol. The van der Waals surface area contributed by atoms with E-state index in [9.17, 15) is 9.59 Å². The Morgan fingerprint density at radius 2 is 1.78 bits per heavy atom. The summed E-state index contributed by atoms with van der Waals surface area (Å²) in [5, 5.41) is 8.75. The van der Waals surface area contributed by atoms with Crippen LogP contribution < -0.4 is 5.73 Å². The van der Waals surface area contributed by atoms with E-state index in [2.05, 4.69) is 0 Å². The fourth-order valence-corrected chi connectivity index (χ4v) is 1.81. The minimum absolute atomic E-state index is 0.167. The molecular weight excluding hydrogens is 232 g/mol. The van der Waals surface area contributed by atoms with Gasteiger partial charge in [0.1, 0.15) is 0 Å². The predicted molar refractivity (Wildman–Crippen MR) is 66.0 cm³/mol. The Kier molecular flexibility index (Phi) is 3.55. The van der Waals surface area contributed by atoms with E-state index in [1.165, 1.54) is 0 Å². The summed E-state index contributed by atoms with van der Waals surface area (Å²) in [4.78, 5) is 25.0. The number of hydrogen-bond donors (Lipinski definition) is 2. The quantitative estimate of drug-likeness (QED) is 0.585. The summed E-state index contributed by atoms with van der Waals surface area (Å²) in [5.74, 6) is -0.587. The van der Waals surface area contributed by atoms with Gasteiger partial charge >= 0.3 is 0 Å². The van der Waals surface area contributed by atoms with Crippen molar-refractivity contribution in [2.24, 2.45) is 5.73 Å². The molecule has 1 aliphatic heterocycles. The first kappa shape index (κ1) is 12.5. The molecule has 0 aliphatic carbocycles. The zero-order valence-electron chi connectivity index (χ0n) is 9.74. The summed E-state index contributed by atoms with van der Waals surface area (Å²) in [5.41, 5.74) is 6.35. The van der Waals surface area contributed by atoms with E-state index < -0.39 is 6.04 Å². The van der Waals surface area contributed by atoms with Gasteiger partial charge in [-0.1, -0.05) is 24.3 Å². The molecule has 1 heterocycles. The average Bonchev–Trinajstić information content (AvgIpc) is 2.64. The number of nitrogens with two attached hydrogens (primary N) is 1. The maximum Gasteiger partial charge on any atom is 0.261 e. The van der Waals surface area contributed by atoms with Crippen LogP contribution in [-0.2, 0) is 0 Å². The highest BCUT2D eigenvalue weighted by atomic mass is 16.3. The van der Waals surface area contributed by atoms with Crippen molar-refractivity contribution in [1.29, 1.82) is 0 Å². The SMILES string of the molecule is N[C@@H](C=CCN1C(=O)c2ccccc2C1=O)CO. The Balaban J connectivity index is 2.12. The minimum atomic E-state index is -0.472. The van der Waals surface area contributed by atoms with Crippen molar-refractivity contribution in [2.75, 3.05) is 13.2 Å². The lowest BCUT2D eigenvalue weighted by Crippen LogP contribution is -2.30. The minimum Gasteiger partial charge on any atom is -0.394 e. The highest BCUT2D eigenvalue weighted by molar-refractivity contribution is 6.21. The predicted octanol–water partition coefficient (Wildman–Crippen LogP) is 0.158. The molecule has 94 valence electrons. The smallest absolute Gasteiger partial charge is 0.261 e. The van der Waals surface area contributed by atoms with E-state index in [0.29, 0.717) is 11.1 Å². The molecule has 1 aromatic rings. The van der Waals surface area contributed by atoms with Crippen LogP contribution in [0, 0.1) is 0 Å². The Morgan fingerprint density at radius 3 is 2.28 bits per heavy atom. The molecule has 0 radical (unpaired) electrons. The first-order valence-electron chi connectivity index (χ1n) is 5.63. The Morgan fingerprint density at radius 1 is 1.22 bits per heavy atom. The summed E-state index contributed by atoms with van der Waals surface area (Å²) in [7, 11) is 0. The van der Waals surface area contributed by atoms with Crippen LogP contribution in [0.25, 0.3) is 0 Å². The van der Waals surface area contributed by atoms with Crippen molar-refractivity contribution in [1.82, 2.24) is 4.90 Å². The first-order valence-corrected chi connectivity index (χ1v) is 5.63. The molecule has 1 atom stereocenters. The van der Waals surface area contributed by atoms with Gasteiger partial charge in [-0.05, 0) is 12.1 Å². The number of amides is 2.